The molecule has 1 N–H and O–H groups in total. The average Bonchev–Trinajstić information content (AvgIpc) is 3.03. The van der Waals surface area contributed by atoms with Gasteiger partial charge in [0.05, 0.1) is 13.2 Å². The Kier molecular flexibility index (Phi) is 8.20. The van der Waals surface area contributed by atoms with Crippen LogP contribution in [-0.4, -0.2) is 44.2 Å². The van der Waals surface area contributed by atoms with Crippen molar-refractivity contribution in [1.29, 1.82) is 0 Å². The number of benzene rings is 2. The van der Waals surface area contributed by atoms with Crippen molar-refractivity contribution in [2.45, 2.75) is 31.7 Å². The summed E-state index contributed by atoms with van der Waals surface area (Å²) in [4.78, 5) is 14.9. The van der Waals surface area contributed by atoms with Gasteiger partial charge < -0.3 is 14.8 Å². The van der Waals surface area contributed by atoms with Gasteiger partial charge in [0, 0.05) is 11.6 Å². The summed E-state index contributed by atoms with van der Waals surface area (Å²) in [6.45, 7) is 2.63. The lowest BCUT2D eigenvalue weighted by Crippen LogP contribution is -2.40. The van der Waals surface area contributed by atoms with E-state index < -0.39 is 0 Å². The van der Waals surface area contributed by atoms with Crippen LogP contribution in [0, 0.1) is 0 Å². The first-order valence-electron chi connectivity index (χ1n) is 10.2. The lowest BCUT2D eigenvalue weighted by Gasteiger charge is -2.31. The van der Waals surface area contributed by atoms with E-state index in [1.165, 1.54) is 31.2 Å². The maximum atomic E-state index is 12.4. The molecule has 1 aliphatic heterocycles. The summed E-state index contributed by atoms with van der Waals surface area (Å²) in [7, 11) is 1.67. The van der Waals surface area contributed by atoms with Crippen LogP contribution in [0.2, 0.25) is 5.02 Å². The van der Waals surface area contributed by atoms with Gasteiger partial charge in [-0.3, -0.25) is 9.69 Å². The number of carbonyl (C=O) groups excluding carboxylic acids is 1. The zero-order valence-corrected chi connectivity index (χ0v) is 17.7. The molecule has 0 bridgehead atoms. The molecule has 0 aliphatic carbocycles. The van der Waals surface area contributed by atoms with E-state index in [0.717, 1.165) is 18.8 Å². The number of rotatable bonds is 8. The number of nitrogens with one attached hydrogen (secondary N) is 1. The molecule has 1 fully saturated rings. The third-order valence-electron chi connectivity index (χ3n) is 5.26. The van der Waals surface area contributed by atoms with E-state index in [-0.39, 0.29) is 18.6 Å². The highest BCUT2D eigenvalue weighted by molar-refractivity contribution is 6.30. The standard InChI is InChI=1S/C23H29ClN2O3/c1-28-20-10-6-18(7-11-20)22(26-14-4-2-3-5-15-26)16-25-23(27)17-29-21-12-8-19(24)9-13-21/h6-13,22H,2-5,14-17H2,1H3,(H,25,27)/t22-/m0/s1. The van der Waals surface area contributed by atoms with Crippen molar-refractivity contribution in [3.63, 3.8) is 0 Å². The van der Waals surface area contributed by atoms with Crippen LogP contribution in [0.5, 0.6) is 11.5 Å². The first-order valence-corrected chi connectivity index (χ1v) is 10.6. The van der Waals surface area contributed by atoms with Crippen molar-refractivity contribution in [1.82, 2.24) is 10.2 Å². The van der Waals surface area contributed by atoms with Crippen LogP contribution < -0.4 is 14.8 Å². The van der Waals surface area contributed by atoms with Crippen molar-refractivity contribution < 1.29 is 14.3 Å². The molecule has 1 atom stereocenters. The van der Waals surface area contributed by atoms with Crippen LogP contribution >= 0.6 is 11.6 Å². The van der Waals surface area contributed by atoms with E-state index in [1.54, 1.807) is 31.4 Å². The number of hydrogen-bond acceptors (Lipinski definition) is 4. The minimum atomic E-state index is -0.131. The van der Waals surface area contributed by atoms with Crippen molar-refractivity contribution in [3.8, 4) is 11.5 Å². The number of nitrogens with zero attached hydrogens (tertiary/aromatic N) is 1. The van der Waals surface area contributed by atoms with Gasteiger partial charge in [0.15, 0.2) is 6.61 Å². The summed E-state index contributed by atoms with van der Waals surface area (Å²) in [6, 6.07) is 15.3. The largest absolute Gasteiger partial charge is 0.497 e. The second kappa shape index (κ2) is 11.1. The molecule has 0 radical (unpaired) electrons. The monoisotopic (exact) mass is 416 g/mol. The van der Waals surface area contributed by atoms with Crippen LogP contribution in [0.3, 0.4) is 0 Å². The number of amides is 1. The number of ether oxygens (including phenoxy) is 2. The Morgan fingerprint density at radius 2 is 1.62 bits per heavy atom. The van der Waals surface area contributed by atoms with E-state index in [1.807, 2.05) is 12.1 Å². The summed E-state index contributed by atoms with van der Waals surface area (Å²) >= 11 is 5.87. The Hall–Kier alpha value is -2.24. The van der Waals surface area contributed by atoms with E-state index in [0.29, 0.717) is 17.3 Å². The minimum Gasteiger partial charge on any atom is -0.497 e. The van der Waals surface area contributed by atoms with Gasteiger partial charge in [-0.15, -0.1) is 0 Å². The third kappa shape index (κ3) is 6.65. The minimum absolute atomic E-state index is 0.0169. The molecule has 2 aromatic rings. The molecule has 1 aliphatic rings. The zero-order chi connectivity index (χ0) is 20.5. The maximum absolute atomic E-state index is 12.4. The van der Waals surface area contributed by atoms with Crippen molar-refractivity contribution >= 4 is 17.5 Å². The first-order chi connectivity index (χ1) is 14.2. The molecule has 0 saturated carbocycles. The highest BCUT2D eigenvalue weighted by Crippen LogP contribution is 2.25. The number of carbonyl (C=O) groups is 1. The molecule has 1 amide bonds. The fraction of sp³-hybridized carbons (Fsp3) is 0.435. The Morgan fingerprint density at radius 3 is 2.24 bits per heavy atom. The second-order valence-electron chi connectivity index (χ2n) is 7.29. The Bertz CT molecular complexity index is 757. The average molecular weight is 417 g/mol. The molecule has 0 unspecified atom stereocenters. The number of halogens is 1. The molecule has 0 spiro atoms. The number of hydrogen-bond donors (Lipinski definition) is 1. The Labute approximate surface area is 177 Å². The molecule has 5 nitrogen and oxygen atoms in total. The molecule has 1 heterocycles. The summed E-state index contributed by atoms with van der Waals surface area (Å²) in [5.41, 5.74) is 1.19. The molecule has 156 valence electrons. The number of likely N-dealkylation sites (tertiary alicyclic amines) is 1. The SMILES string of the molecule is COc1ccc([C@H](CNC(=O)COc2ccc(Cl)cc2)N2CCCCCC2)cc1. The molecular formula is C23H29ClN2O3. The normalized spacial score (nSPS) is 15.9. The topological polar surface area (TPSA) is 50.8 Å². The lowest BCUT2D eigenvalue weighted by molar-refractivity contribution is -0.123. The molecule has 0 aromatic heterocycles. The molecule has 2 aromatic carbocycles. The van der Waals surface area contributed by atoms with Gasteiger partial charge in [-0.1, -0.05) is 36.6 Å². The molecular weight excluding hydrogens is 388 g/mol. The van der Waals surface area contributed by atoms with Gasteiger partial charge in [-0.25, -0.2) is 0 Å². The van der Waals surface area contributed by atoms with Crippen LogP contribution in [-0.2, 0) is 4.79 Å². The molecule has 29 heavy (non-hydrogen) atoms. The van der Waals surface area contributed by atoms with Gasteiger partial charge in [-0.05, 0) is 67.9 Å². The quantitative estimate of drug-likeness (QED) is 0.690. The van der Waals surface area contributed by atoms with Crippen LogP contribution in [0.1, 0.15) is 37.3 Å². The number of methoxy groups -OCH3 is 1. The Balaban J connectivity index is 1.60. The van der Waals surface area contributed by atoms with Gasteiger partial charge >= 0.3 is 0 Å². The summed E-state index contributed by atoms with van der Waals surface area (Å²) in [5, 5.41) is 3.69. The highest BCUT2D eigenvalue weighted by atomic mass is 35.5. The fourth-order valence-corrected chi connectivity index (χ4v) is 3.76. The van der Waals surface area contributed by atoms with Gasteiger partial charge in [-0.2, -0.15) is 0 Å². The lowest BCUT2D eigenvalue weighted by atomic mass is 10.0. The van der Waals surface area contributed by atoms with E-state index in [2.05, 4.69) is 22.3 Å². The molecule has 1 saturated heterocycles. The van der Waals surface area contributed by atoms with Crippen molar-refractivity contribution in [3.05, 3.63) is 59.1 Å². The molecule has 3 rings (SSSR count). The fourth-order valence-electron chi connectivity index (χ4n) is 3.63. The summed E-state index contributed by atoms with van der Waals surface area (Å²) < 4.78 is 10.8. The predicted octanol–water partition coefficient (Wildman–Crippen LogP) is 4.46. The zero-order valence-electron chi connectivity index (χ0n) is 16.9. The highest BCUT2D eigenvalue weighted by Gasteiger charge is 2.22. The third-order valence-corrected chi connectivity index (χ3v) is 5.51. The maximum Gasteiger partial charge on any atom is 0.258 e. The second-order valence-corrected chi connectivity index (χ2v) is 7.72. The van der Waals surface area contributed by atoms with E-state index in [4.69, 9.17) is 21.1 Å². The van der Waals surface area contributed by atoms with Gasteiger partial charge in [0.1, 0.15) is 11.5 Å². The summed E-state index contributed by atoms with van der Waals surface area (Å²) in [5.74, 6) is 1.33. The predicted molar refractivity (Wildman–Crippen MR) is 116 cm³/mol. The van der Waals surface area contributed by atoms with Gasteiger partial charge in [0.2, 0.25) is 0 Å². The smallest absolute Gasteiger partial charge is 0.258 e. The molecule has 6 heteroatoms. The van der Waals surface area contributed by atoms with E-state index >= 15 is 0 Å². The van der Waals surface area contributed by atoms with Crippen LogP contribution in [0.4, 0.5) is 0 Å². The van der Waals surface area contributed by atoms with Crippen molar-refractivity contribution in [2.24, 2.45) is 0 Å². The van der Waals surface area contributed by atoms with E-state index in [9.17, 15) is 4.79 Å². The Morgan fingerprint density at radius 1 is 1.00 bits per heavy atom. The van der Waals surface area contributed by atoms with Crippen LogP contribution in [0.15, 0.2) is 48.5 Å². The summed E-state index contributed by atoms with van der Waals surface area (Å²) in [6.07, 6.45) is 4.93. The van der Waals surface area contributed by atoms with Crippen molar-refractivity contribution in [2.75, 3.05) is 33.4 Å². The first kappa shape index (κ1) is 21.5. The van der Waals surface area contributed by atoms with Crippen LogP contribution in [0.25, 0.3) is 0 Å². The van der Waals surface area contributed by atoms with Gasteiger partial charge in [0.25, 0.3) is 5.91 Å².